The fraction of sp³-hybridized carbons (Fsp3) is 0.100. The van der Waals surface area contributed by atoms with Gasteiger partial charge in [0.25, 0.3) is 5.91 Å². The summed E-state index contributed by atoms with van der Waals surface area (Å²) in [6.07, 6.45) is 3.91. The predicted molar refractivity (Wildman–Crippen MR) is 106 cm³/mol. The largest absolute Gasteiger partial charge is 0.497 e. The zero-order valence-corrected chi connectivity index (χ0v) is 15.6. The normalized spacial score (nSPS) is 10.7. The number of aromatic nitrogens is 2. The molecule has 0 aliphatic heterocycles. The number of carbonyl (C=O) groups is 1. The maximum atomic E-state index is 12.8. The van der Waals surface area contributed by atoms with E-state index >= 15 is 0 Å². The molecular formula is C20H17N3O3S. The summed E-state index contributed by atoms with van der Waals surface area (Å²) in [5.74, 6) is 0.816. The first-order chi connectivity index (χ1) is 13.2. The summed E-state index contributed by atoms with van der Waals surface area (Å²) < 4.78 is 12.5. The van der Waals surface area contributed by atoms with Gasteiger partial charge < -0.3 is 14.8 Å². The number of hydrogen-bond donors (Lipinski definition) is 1. The number of methoxy groups -OCH3 is 2. The Bertz CT molecular complexity index is 1090. The second-order valence-electron chi connectivity index (χ2n) is 5.78. The highest BCUT2D eigenvalue weighted by Gasteiger charge is 2.16. The van der Waals surface area contributed by atoms with Crippen LogP contribution in [0.25, 0.3) is 16.2 Å². The average Bonchev–Trinajstić information content (AvgIpc) is 3.30. The van der Waals surface area contributed by atoms with Crippen LogP contribution in [0.1, 0.15) is 10.4 Å². The summed E-state index contributed by atoms with van der Waals surface area (Å²) in [5, 5.41) is 4.95. The summed E-state index contributed by atoms with van der Waals surface area (Å²) in [5.41, 5.74) is 2.78. The van der Waals surface area contributed by atoms with E-state index in [1.165, 1.54) is 7.11 Å². The van der Waals surface area contributed by atoms with Crippen molar-refractivity contribution in [3.63, 3.8) is 0 Å². The Morgan fingerprint density at radius 2 is 2.00 bits per heavy atom. The molecule has 0 atom stereocenters. The third-order valence-corrected chi connectivity index (χ3v) is 4.97. The molecule has 1 amide bonds. The van der Waals surface area contributed by atoms with Crippen LogP contribution in [-0.2, 0) is 0 Å². The molecule has 1 N–H and O–H groups in total. The highest BCUT2D eigenvalue weighted by molar-refractivity contribution is 7.15. The fourth-order valence-corrected chi connectivity index (χ4v) is 3.55. The summed E-state index contributed by atoms with van der Waals surface area (Å²) >= 11 is 1.56. The van der Waals surface area contributed by atoms with Gasteiger partial charge in [-0.2, -0.15) is 0 Å². The molecule has 2 aromatic heterocycles. The molecule has 27 heavy (non-hydrogen) atoms. The Hall–Kier alpha value is -3.32. The lowest BCUT2D eigenvalue weighted by atomic mass is 10.1. The summed E-state index contributed by atoms with van der Waals surface area (Å²) in [7, 11) is 3.10. The molecule has 0 bridgehead atoms. The van der Waals surface area contributed by atoms with E-state index in [2.05, 4.69) is 10.3 Å². The number of amides is 1. The second kappa shape index (κ2) is 7.13. The second-order valence-corrected chi connectivity index (χ2v) is 6.66. The molecule has 0 saturated carbocycles. The van der Waals surface area contributed by atoms with Crippen LogP contribution in [0.3, 0.4) is 0 Å². The van der Waals surface area contributed by atoms with E-state index in [1.807, 2.05) is 46.4 Å². The number of rotatable bonds is 5. The first kappa shape index (κ1) is 17.1. The van der Waals surface area contributed by atoms with Crippen LogP contribution in [-0.4, -0.2) is 29.5 Å². The van der Waals surface area contributed by atoms with Gasteiger partial charge in [-0.05, 0) is 18.2 Å². The lowest BCUT2D eigenvalue weighted by molar-refractivity contribution is 0.102. The number of benzene rings is 2. The third-order valence-electron chi connectivity index (χ3n) is 4.20. The van der Waals surface area contributed by atoms with Crippen molar-refractivity contribution in [2.45, 2.75) is 0 Å². The van der Waals surface area contributed by atoms with E-state index in [4.69, 9.17) is 9.47 Å². The minimum absolute atomic E-state index is 0.261. The van der Waals surface area contributed by atoms with Gasteiger partial charge >= 0.3 is 0 Å². The Morgan fingerprint density at radius 3 is 2.78 bits per heavy atom. The van der Waals surface area contributed by atoms with Crippen molar-refractivity contribution in [3.8, 4) is 22.8 Å². The van der Waals surface area contributed by atoms with E-state index in [1.54, 1.807) is 36.6 Å². The molecule has 2 heterocycles. The number of para-hydroxylation sites is 1. The standard InChI is InChI=1S/C20H17N3O3S/c1-25-13-7-8-15(18(11-13)26-2)19(24)21-16-6-4-3-5-14(16)17-12-23-9-10-27-20(23)22-17/h3-12H,1-2H3,(H,21,24). The van der Waals surface area contributed by atoms with Crippen LogP contribution in [0.15, 0.2) is 60.2 Å². The van der Waals surface area contributed by atoms with Crippen LogP contribution in [0.2, 0.25) is 0 Å². The van der Waals surface area contributed by atoms with Gasteiger partial charge in [0.1, 0.15) is 11.5 Å². The number of hydrogen-bond acceptors (Lipinski definition) is 5. The lowest BCUT2D eigenvalue weighted by Crippen LogP contribution is -2.14. The number of nitrogens with one attached hydrogen (secondary N) is 1. The smallest absolute Gasteiger partial charge is 0.259 e. The van der Waals surface area contributed by atoms with Gasteiger partial charge in [-0.1, -0.05) is 18.2 Å². The Labute approximate surface area is 160 Å². The van der Waals surface area contributed by atoms with Gasteiger partial charge in [-0.15, -0.1) is 11.3 Å². The van der Waals surface area contributed by atoms with Crippen LogP contribution < -0.4 is 14.8 Å². The number of thiazole rings is 1. The van der Waals surface area contributed by atoms with Crippen molar-refractivity contribution in [2.75, 3.05) is 19.5 Å². The number of carbonyl (C=O) groups excluding carboxylic acids is 1. The molecule has 7 heteroatoms. The van der Waals surface area contributed by atoms with E-state index < -0.39 is 0 Å². The molecule has 0 unspecified atom stereocenters. The highest BCUT2D eigenvalue weighted by atomic mass is 32.1. The van der Waals surface area contributed by atoms with E-state index in [9.17, 15) is 4.79 Å². The molecule has 6 nitrogen and oxygen atoms in total. The van der Waals surface area contributed by atoms with E-state index in [-0.39, 0.29) is 5.91 Å². The van der Waals surface area contributed by atoms with Gasteiger partial charge in [0.05, 0.1) is 31.2 Å². The quantitative estimate of drug-likeness (QED) is 0.560. The van der Waals surface area contributed by atoms with E-state index in [0.29, 0.717) is 22.7 Å². The molecule has 4 aromatic rings. The molecule has 2 aromatic carbocycles. The maximum Gasteiger partial charge on any atom is 0.259 e. The molecule has 0 fully saturated rings. The van der Waals surface area contributed by atoms with Gasteiger partial charge in [0, 0.05) is 29.4 Å². The first-order valence-electron chi connectivity index (χ1n) is 8.24. The number of ether oxygens (including phenoxy) is 2. The monoisotopic (exact) mass is 379 g/mol. The number of anilines is 1. The first-order valence-corrected chi connectivity index (χ1v) is 9.12. The zero-order valence-electron chi connectivity index (χ0n) is 14.8. The molecule has 0 aliphatic carbocycles. The minimum Gasteiger partial charge on any atom is -0.497 e. The Balaban J connectivity index is 1.67. The molecule has 0 spiro atoms. The van der Waals surface area contributed by atoms with Gasteiger partial charge in [0.15, 0.2) is 4.96 Å². The van der Waals surface area contributed by atoms with Crippen molar-refractivity contribution in [3.05, 3.63) is 65.8 Å². The SMILES string of the molecule is COc1ccc(C(=O)Nc2ccccc2-c2cn3ccsc3n2)c(OC)c1. The summed E-state index contributed by atoms with van der Waals surface area (Å²) in [4.78, 5) is 18.4. The molecule has 0 radical (unpaired) electrons. The maximum absolute atomic E-state index is 12.8. The van der Waals surface area contributed by atoms with Crippen LogP contribution in [0, 0.1) is 0 Å². The van der Waals surface area contributed by atoms with Crippen molar-refractivity contribution < 1.29 is 14.3 Å². The minimum atomic E-state index is -0.261. The van der Waals surface area contributed by atoms with Crippen molar-refractivity contribution in [1.82, 2.24) is 9.38 Å². The Kier molecular flexibility index (Phi) is 4.52. The van der Waals surface area contributed by atoms with Gasteiger partial charge in [-0.25, -0.2) is 4.98 Å². The Morgan fingerprint density at radius 1 is 1.15 bits per heavy atom. The average molecular weight is 379 g/mol. The molecule has 136 valence electrons. The van der Waals surface area contributed by atoms with Crippen molar-refractivity contribution >= 4 is 27.9 Å². The number of fused-ring (bicyclic) bond motifs is 1. The highest BCUT2D eigenvalue weighted by Crippen LogP contribution is 2.30. The predicted octanol–water partition coefficient (Wildman–Crippen LogP) is 4.33. The fourth-order valence-electron chi connectivity index (χ4n) is 2.85. The van der Waals surface area contributed by atoms with Crippen molar-refractivity contribution in [2.24, 2.45) is 0 Å². The summed E-state index contributed by atoms with van der Waals surface area (Å²) in [6.45, 7) is 0. The van der Waals surface area contributed by atoms with Crippen LogP contribution in [0.4, 0.5) is 5.69 Å². The lowest BCUT2D eigenvalue weighted by Gasteiger charge is -2.12. The third kappa shape index (κ3) is 3.24. The van der Waals surface area contributed by atoms with E-state index in [0.717, 1.165) is 16.2 Å². The van der Waals surface area contributed by atoms with Gasteiger partial charge in [-0.3, -0.25) is 9.20 Å². The topological polar surface area (TPSA) is 64.9 Å². The molecular weight excluding hydrogens is 362 g/mol. The molecule has 4 rings (SSSR count). The number of imidazole rings is 1. The number of nitrogens with zero attached hydrogens (tertiary/aromatic N) is 2. The van der Waals surface area contributed by atoms with Crippen LogP contribution >= 0.6 is 11.3 Å². The molecule has 0 saturated heterocycles. The molecule has 0 aliphatic rings. The van der Waals surface area contributed by atoms with Gasteiger partial charge in [0.2, 0.25) is 0 Å². The van der Waals surface area contributed by atoms with Crippen molar-refractivity contribution in [1.29, 1.82) is 0 Å². The zero-order chi connectivity index (χ0) is 18.8. The van der Waals surface area contributed by atoms with Crippen LogP contribution in [0.5, 0.6) is 11.5 Å². The summed E-state index contributed by atoms with van der Waals surface area (Å²) in [6, 6.07) is 12.7.